The highest BCUT2D eigenvalue weighted by molar-refractivity contribution is 5.19. The second-order valence-corrected chi connectivity index (χ2v) is 7.29. The number of halogens is 1. The van der Waals surface area contributed by atoms with Crippen LogP contribution in [0.1, 0.15) is 16.8 Å². The highest BCUT2D eigenvalue weighted by Gasteiger charge is 2.15. The Labute approximate surface area is 177 Å². The average molecular weight is 407 g/mol. The summed E-state index contributed by atoms with van der Waals surface area (Å²) in [5.41, 5.74) is 3.16. The lowest BCUT2D eigenvalue weighted by Gasteiger charge is -2.26. The molecule has 1 atom stereocenters. The van der Waals surface area contributed by atoms with Crippen LogP contribution >= 0.6 is 0 Å². The van der Waals surface area contributed by atoms with Gasteiger partial charge in [0, 0.05) is 38.1 Å². The Morgan fingerprint density at radius 3 is 2.60 bits per heavy atom. The van der Waals surface area contributed by atoms with Crippen molar-refractivity contribution in [3.63, 3.8) is 0 Å². The van der Waals surface area contributed by atoms with Crippen LogP contribution in [-0.2, 0) is 24.4 Å². The highest BCUT2D eigenvalue weighted by Crippen LogP contribution is 2.14. The van der Waals surface area contributed by atoms with E-state index >= 15 is 0 Å². The van der Waals surface area contributed by atoms with E-state index in [0.717, 1.165) is 16.8 Å². The molecule has 0 bridgehead atoms. The summed E-state index contributed by atoms with van der Waals surface area (Å²) in [5, 5.41) is 10.4. The molecule has 0 radical (unpaired) electrons. The van der Waals surface area contributed by atoms with E-state index in [1.165, 1.54) is 6.07 Å². The van der Waals surface area contributed by atoms with Gasteiger partial charge in [0.25, 0.3) is 0 Å². The molecule has 0 aliphatic carbocycles. The molecular weight excluding hydrogens is 379 g/mol. The molecule has 0 aliphatic heterocycles. The molecule has 156 valence electrons. The van der Waals surface area contributed by atoms with Crippen molar-refractivity contribution >= 4 is 0 Å². The largest absolute Gasteiger partial charge is 0.389 e. The molecule has 30 heavy (non-hydrogen) atoms. The summed E-state index contributed by atoms with van der Waals surface area (Å²) in [6, 6.07) is 20.8. The molecule has 1 N–H and O–H groups in total. The molecule has 3 rings (SSSR count). The molecule has 0 saturated carbocycles. The lowest BCUT2D eigenvalue weighted by molar-refractivity contribution is 0.0239. The first-order valence-corrected chi connectivity index (χ1v) is 9.98. The van der Waals surface area contributed by atoms with Crippen molar-refractivity contribution in [1.29, 1.82) is 0 Å². The number of aliphatic hydroxyl groups is 1. The third-order valence-electron chi connectivity index (χ3n) is 4.76. The minimum Gasteiger partial charge on any atom is -0.389 e. The molecule has 1 heterocycles. The molecule has 0 aliphatic rings. The second-order valence-electron chi connectivity index (χ2n) is 7.29. The van der Waals surface area contributed by atoms with Gasteiger partial charge in [0.2, 0.25) is 0 Å². The highest BCUT2D eigenvalue weighted by atomic mass is 19.1. The van der Waals surface area contributed by atoms with Gasteiger partial charge < -0.3 is 14.4 Å². The smallest absolute Gasteiger partial charge is 0.123 e. The molecule has 0 fully saturated rings. The number of terminal acetylenes is 1. The zero-order chi connectivity index (χ0) is 21.2. The Balaban J connectivity index is 1.71. The number of aromatic nitrogens is 1. The van der Waals surface area contributed by atoms with Gasteiger partial charge in [0.15, 0.2) is 0 Å². The van der Waals surface area contributed by atoms with Crippen LogP contribution in [0, 0.1) is 18.2 Å². The normalized spacial score (nSPS) is 12.1. The van der Waals surface area contributed by atoms with Gasteiger partial charge in [-0.25, -0.2) is 4.39 Å². The number of hydrogen-bond donors (Lipinski definition) is 1. The van der Waals surface area contributed by atoms with E-state index in [1.807, 2.05) is 36.5 Å². The standard InChI is InChI=1S/C25H27FN2O2/c1-2-14-30-20-25(29)19-27(16-21-8-4-3-5-9-21)18-24-12-7-13-28(24)17-22-10-6-11-23(26)15-22/h1,3-13,15,25,29H,14,16-20H2. The Hall–Kier alpha value is -2.91. The average Bonchev–Trinajstić information content (AvgIpc) is 3.15. The van der Waals surface area contributed by atoms with E-state index in [9.17, 15) is 9.50 Å². The Bertz CT molecular complexity index is 949. The number of ether oxygens (including phenoxy) is 1. The number of benzene rings is 2. The van der Waals surface area contributed by atoms with Crippen LogP contribution in [0.25, 0.3) is 0 Å². The Morgan fingerprint density at radius 2 is 1.83 bits per heavy atom. The van der Waals surface area contributed by atoms with E-state index in [4.69, 9.17) is 11.2 Å². The van der Waals surface area contributed by atoms with Gasteiger partial charge >= 0.3 is 0 Å². The van der Waals surface area contributed by atoms with Gasteiger partial charge in [-0.2, -0.15) is 0 Å². The van der Waals surface area contributed by atoms with Crippen molar-refractivity contribution in [2.45, 2.75) is 25.7 Å². The lowest BCUT2D eigenvalue weighted by Crippen LogP contribution is -2.35. The number of rotatable bonds is 11. The van der Waals surface area contributed by atoms with Crippen molar-refractivity contribution in [2.75, 3.05) is 19.8 Å². The minimum absolute atomic E-state index is 0.187. The molecule has 0 amide bonds. The summed E-state index contributed by atoms with van der Waals surface area (Å²) in [6.07, 6.45) is 6.55. The number of hydrogen-bond acceptors (Lipinski definition) is 3. The van der Waals surface area contributed by atoms with E-state index < -0.39 is 6.10 Å². The van der Waals surface area contributed by atoms with Gasteiger partial charge in [-0.3, -0.25) is 4.90 Å². The summed E-state index contributed by atoms with van der Waals surface area (Å²) >= 11 is 0. The predicted octanol–water partition coefficient (Wildman–Crippen LogP) is 3.69. The van der Waals surface area contributed by atoms with Crippen LogP contribution in [0.3, 0.4) is 0 Å². The van der Waals surface area contributed by atoms with Gasteiger partial charge in [-0.05, 0) is 35.4 Å². The quantitative estimate of drug-likeness (QED) is 0.390. The Morgan fingerprint density at radius 1 is 1.03 bits per heavy atom. The van der Waals surface area contributed by atoms with E-state index in [-0.39, 0.29) is 19.0 Å². The van der Waals surface area contributed by atoms with Gasteiger partial charge in [-0.15, -0.1) is 6.42 Å². The second kappa shape index (κ2) is 11.3. The van der Waals surface area contributed by atoms with E-state index in [2.05, 4.69) is 33.6 Å². The molecule has 3 aromatic rings. The van der Waals surface area contributed by atoms with Crippen molar-refractivity contribution < 1.29 is 14.2 Å². The number of aliphatic hydroxyl groups excluding tert-OH is 1. The zero-order valence-corrected chi connectivity index (χ0v) is 17.0. The van der Waals surface area contributed by atoms with Crippen molar-refractivity contribution in [3.8, 4) is 12.3 Å². The van der Waals surface area contributed by atoms with Crippen molar-refractivity contribution in [3.05, 3.63) is 95.6 Å². The predicted molar refractivity (Wildman–Crippen MR) is 116 cm³/mol. The first kappa shape index (κ1) is 21.8. The minimum atomic E-state index is -0.645. The third kappa shape index (κ3) is 6.85. The van der Waals surface area contributed by atoms with Crippen molar-refractivity contribution in [2.24, 2.45) is 0 Å². The summed E-state index contributed by atoms with van der Waals surface area (Å²) in [4.78, 5) is 2.18. The maximum Gasteiger partial charge on any atom is 0.123 e. The maximum absolute atomic E-state index is 13.6. The molecule has 1 unspecified atom stereocenters. The summed E-state index contributed by atoms with van der Waals surface area (Å²) in [6.45, 7) is 2.76. The lowest BCUT2D eigenvalue weighted by atomic mass is 10.2. The SMILES string of the molecule is C#CCOCC(O)CN(Cc1ccccc1)Cc1cccn1Cc1cccc(F)c1. The summed E-state index contributed by atoms with van der Waals surface area (Å²) < 4.78 is 20.9. The van der Waals surface area contributed by atoms with Crippen LogP contribution in [0.4, 0.5) is 4.39 Å². The first-order chi connectivity index (χ1) is 14.6. The van der Waals surface area contributed by atoms with Crippen LogP contribution in [0.15, 0.2) is 72.9 Å². The van der Waals surface area contributed by atoms with Crippen LogP contribution in [0.2, 0.25) is 0 Å². The van der Waals surface area contributed by atoms with Gasteiger partial charge in [0.05, 0.1) is 12.7 Å². The molecule has 4 nitrogen and oxygen atoms in total. The fourth-order valence-electron chi connectivity index (χ4n) is 3.44. The first-order valence-electron chi connectivity index (χ1n) is 9.98. The van der Waals surface area contributed by atoms with E-state index in [1.54, 1.807) is 12.1 Å². The van der Waals surface area contributed by atoms with Gasteiger partial charge in [0.1, 0.15) is 12.4 Å². The zero-order valence-electron chi connectivity index (χ0n) is 17.0. The summed E-state index contributed by atoms with van der Waals surface area (Å²) in [5.74, 6) is 2.18. The maximum atomic E-state index is 13.6. The summed E-state index contributed by atoms with van der Waals surface area (Å²) in [7, 11) is 0. The topological polar surface area (TPSA) is 37.6 Å². The van der Waals surface area contributed by atoms with Crippen LogP contribution < -0.4 is 0 Å². The van der Waals surface area contributed by atoms with Gasteiger partial charge in [-0.1, -0.05) is 48.4 Å². The Kier molecular flexibility index (Phi) is 8.22. The van der Waals surface area contributed by atoms with Crippen LogP contribution in [-0.4, -0.2) is 40.4 Å². The number of nitrogens with zero attached hydrogens (tertiary/aromatic N) is 2. The third-order valence-corrected chi connectivity index (χ3v) is 4.76. The molecule has 1 aromatic heterocycles. The molecule has 0 spiro atoms. The monoisotopic (exact) mass is 406 g/mol. The van der Waals surface area contributed by atoms with E-state index in [0.29, 0.717) is 26.2 Å². The fraction of sp³-hybridized carbons (Fsp3) is 0.280. The molecule has 5 heteroatoms. The van der Waals surface area contributed by atoms with Crippen molar-refractivity contribution in [1.82, 2.24) is 9.47 Å². The molecular formula is C25H27FN2O2. The molecule has 0 saturated heterocycles. The molecule has 2 aromatic carbocycles. The van der Waals surface area contributed by atoms with Crippen LogP contribution in [0.5, 0.6) is 0 Å². The fourth-order valence-corrected chi connectivity index (χ4v) is 3.44.